The summed E-state index contributed by atoms with van der Waals surface area (Å²) in [5.41, 5.74) is 4.64. The van der Waals surface area contributed by atoms with Gasteiger partial charge < -0.3 is 66.3 Å². The van der Waals surface area contributed by atoms with E-state index in [-0.39, 0.29) is 63.1 Å². The van der Waals surface area contributed by atoms with Crippen molar-refractivity contribution >= 4 is 12.4 Å². The number of hydrogen-bond donors (Lipinski definition) is 8. The summed E-state index contributed by atoms with van der Waals surface area (Å²) in [5, 5.41) is 57.1. The summed E-state index contributed by atoms with van der Waals surface area (Å²) < 4.78 is 0. The zero-order valence-corrected chi connectivity index (χ0v) is 31.9. The van der Waals surface area contributed by atoms with E-state index in [0.717, 1.165) is 76.0 Å². The molecule has 4 rings (SSSR count). The number of nitrogens with one attached hydrogen (secondary N) is 3. The fourth-order valence-electron chi connectivity index (χ4n) is 5.27. The summed E-state index contributed by atoms with van der Waals surface area (Å²) in [6, 6.07) is 28.3. The number of rotatable bonds is 20. The molecule has 0 saturated heterocycles. The van der Waals surface area contributed by atoms with Gasteiger partial charge in [-0.25, -0.2) is 0 Å². The third-order valence-corrected chi connectivity index (χ3v) is 8.27. The molecule has 8 N–H and O–H groups in total. The Morgan fingerprint density at radius 1 is 0.490 bits per heavy atom. The Labute approximate surface area is 325 Å². The second kappa shape index (κ2) is 28.2. The van der Waals surface area contributed by atoms with Gasteiger partial charge in [-0.05, 0) is 143 Å². The fourth-order valence-corrected chi connectivity index (χ4v) is 5.27. The van der Waals surface area contributed by atoms with Gasteiger partial charge in [0.15, 0.2) is 23.0 Å². The number of unbranched alkanes of at least 4 members (excludes halogenated alkanes) is 3. The third kappa shape index (κ3) is 20.9. The summed E-state index contributed by atoms with van der Waals surface area (Å²) in [7, 11) is 0. The topological polar surface area (TPSA) is 137 Å². The van der Waals surface area contributed by atoms with Gasteiger partial charge in [0.2, 0.25) is 0 Å². The Kier molecular flexibility index (Phi) is 26.4. The lowest BCUT2D eigenvalue weighted by Gasteiger charge is -2.14. The minimum absolute atomic E-state index is 0. The van der Waals surface area contributed by atoms with Crippen LogP contribution in [-0.4, -0.2) is 64.3 Å². The van der Waals surface area contributed by atoms with Gasteiger partial charge >= 0.3 is 2.85 Å². The van der Waals surface area contributed by atoms with E-state index in [0.29, 0.717) is 11.8 Å². The largest absolute Gasteiger partial charge is 1.00 e. The Morgan fingerprint density at radius 2 is 0.941 bits per heavy atom. The molecule has 0 heterocycles. The molecular weight excluding hydrogens is 709 g/mol. The van der Waals surface area contributed by atoms with E-state index in [1.165, 1.54) is 42.9 Å². The first-order valence-electron chi connectivity index (χ1n) is 17.3. The summed E-state index contributed by atoms with van der Waals surface area (Å²) >= 11 is 0. The first-order valence-corrected chi connectivity index (χ1v) is 17.3. The van der Waals surface area contributed by atoms with Crippen LogP contribution in [0.2, 0.25) is 0 Å². The van der Waals surface area contributed by atoms with Crippen molar-refractivity contribution in [2.75, 3.05) is 32.7 Å². The Bertz CT molecular complexity index is 1460. The van der Waals surface area contributed by atoms with Crippen LogP contribution in [0.3, 0.4) is 0 Å². The molecule has 8 nitrogen and oxygen atoms in total. The molecule has 0 spiro atoms. The number of halogens is 3. The van der Waals surface area contributed by atoms with Crippen LogP contribution < -0.4 is 40.8 Å². The highest BCUT2D eigenvalue weighted by molar-refractivity contribution is 5.85. The highest BCUT2D eigenvalue weighted by atomic mass is 35.5. The number of hydrogen-bond acceptors (Lipinski definition) is 8. The maximum absolute atomic E-state index is 9.46. The van der Waals surface area contributed by atoms with E-state index in [1.807, 2.05) is 24.3 Å². The maximum atomic E-state index is 9.46. The molecule has 0 aliphatic heterocycles. The van der Waals surface area contributed by atoms with Gasteiger partial charge in [0.1, 0.15) is 5.75 Å². The first kappa shape index (κ1) is 47.6. The van der Waals surface area contributed by atoms with E-state index in [1.54, 1.807) is 30.3 Å². The Morgan fingerprint density at radius 3 is 1.45 bits per heavy atom. The zero-order chi connectivity index (χ0) is 34.4. The molecule has 51 heavy (non-hydrogen) atoms. The van der Waals surface area contributed by atoms with E-state index >= 15 is 0 Å². The van der Waals surface area contributed by atoms with Crippen LogP contribution in [0.5, 0.6) is 28.7 Å². The minimum Gasteiger partial charge on any atom is -1.00 e. The van der Waals surface area contributed by atoms with Gasteiger partial charge in [-0.2, -0.15) is 0 Å². The van der Waals surface area contributed by atoms with Crippen LogP contribution in [0.25, 0.3) is 0 Å². The van der Waals surface area contributed by atoms with Crippen molar-refractivity contribution in [1.82, 2.24) is 16.0 Å². The monoisotopic (exact) mass is 765 g/mol. The second-order valence-electron chi connectivity index (χ2n) is 12.4. The predicted molar refractivity (Wildman–Crippen MR) is 205 cm³/mol. The Hall–Kier alpha value is -3.37. The number of aryl methyl sites for hydroxylation is 1. The van der Waals surface area contributed by atoms with Crippen molar-refractivity contribution < 1.29 is 53.2 Å². The molecule has 0 radical (unpaired) electrons. The SMILES string of the molecule is CC(CCc1ccc(O)cc1)NCCc1ccc(O)c(O)c1.Cl.Oc1ccc(CCNCCCCCCNCCc2ccccc2)cc1O.[Cl-].[Cl-].[H+].[H+]. The minimum atomic E-state index is -0.0843. The predicted octanol–water partition coefficient (Wildman–Crippen LogP) is 1.23. The van der Waals surface area contributed by atoms with Gasteiger partial charge in [0.05, 0.1) is 0 Å². The summed E-state index contributed by atoms with van der Waals surface area (Å²) in [6.45, 7) is 7.05. The van der Waals surface area contributed by atoms with Gasteiger partial charge in [-0.3, -0.25) is 0 Å². The van der Waals surface area contributed by atoms with Crippen molar-refractivity contribution in [2.24, 2.45) is 0 Å². The lowest BCUT2D eigenvalue weighted by atomic mass is 10.1. The molecule has 1 atom stereocenters. The molecule has 11 heteroatoms. The summed E-state index contributed by atoms with van der Waals surface area (Å²) in [6.07, 6.45) is 9.71. The molecule has 0 amide bonds. The maximum Gasteiger partial charge on any atom is 1.00 e. The molecule has 284 valence electrons. The Balaban J connectivity index is -0.000000871. The number of benzene rings is 4. The molecule has 1 unspecified atom stereocenters. The molecule has 0 fully saturated rings. The molecular formula is C40H58Cl3N3O5. The van der Waals surface area contributed by atoms with Crippen LogP contribution in [0, 0.1) is 0 Å². The number of phenols is 5. The summed E-state index contributed by atoms with van der Waals surface area (Å²) in [4.78, 5) is 0. The normalized spacial score (nSPS) is 10.8. The van der Waals surface area contributed by atoms with E-state index in [2.05, 4.69) is 53.2 Å². The van der Waals surface area contributed by atoms with Crippen LogP contribution in [-0.2, 0) is 25.7 Å². The van der Waals surface area contributed by atoms with Crippen molar-refractivity contribution in [3.8, 4) is 28.7 Å². The van der Waals surface area contributed by atoms with E-state index in [4.69, 9.17) is 0 Å². The van der Waals surface area contributed by atoms with Crippen molar-refractivity contribution in [3.63, 3.8) is 0 Å². The standard InChI is InChI=1S/C22H32N2O2.C18H23NO3.3ClH/c25-21-11-10-20(18-22(21)26)13-17-24-15-7-2-1-6-14-23-16-12-19-8-4-3-5-9-19;1-13(2-3-14-4-7-16(20)8-5-14)19-11-10-15-6-9-17(21)18(22)12-15;;;/h3-5,8-11,18,23-26H,1-2,6-7,12-17H2;4-9,12-13,19-22H,2-3,10-11H2,1H3;3*1H. The molecule has 0 aromatic heterocycles. The fraction of sp³-hybridized carbons (Fsp3) is 0.400. The highest BCUT2D eigenvalue weighted by Gasteiger charge is 2.05. The lowest BCUT2D eigenvalue weighted by molar-refractivity contribution is -0.001000. The van der Waals surface area contributed by atoms with E-state index in [9.17, 15) is 25.5 Å². The molecule has 0 bridgehead atoms. The molecule has 0 saturated carbocycles. The van der Waals surface area contributed by atoms with Gasteiger partial charge in [-0.1, -0.05) is 67.4 Å². The van der Waals surface area contributed by atoms with Crippen molar-refractivity contribution in [1.29, 1.82) is 0 Å². The van der Waals surface area contributed by atoms with E-state index < -0.39 is 0 Å². The zero-order valence-electron chi connectivity index (χ0n) is 31.5. The molecule has 4 aromatic rings. The van der Waals surface area contributed by atoms with Crippen LogP contribution in [0.4, 0.5) is 0 Å². The number of phenolic OH excluding ortho intramolecular Hbond substituents is 5. The number of aromatic hydroxyl groups is 5. The molecule has 4 aromatic carbocycles. The average Bonchev–Trinajstić information content (AvgIpc) is 3.09. The lowest BCUT2D eigenvalue weighted by Crippen LogP contribution is -3.00. The van der Waals surface area contributed by atoms with Crippen molar-refractivity contribution in [3.05, 3.63) is 113 Å². The highest BCUT2D eigenvalue weighted by Crippen LogP contribution is 2.25. The van der Waals surface area contributed by atoms with Gasteiger partial charge in [-0.15, -0.1) is 12.4 Å². The smallest absolute Gasteiger partial charge is 1.00 e. The van der Waals surface area contributed by atoms with Crippen LogP contribution >= 0.6 is 12.4 Å². The van der Waals surface area contributed by atoms with Crippen molar-refractivity contribution in [2.45, 2.75) is 70.8 Å². The van der Waals surface area contributed by atoms with Crippen LogP contribution in [0.15, 0.2) is 91.0 Å². The van der Waals surface area contributed by atoms with Crippen LogP contribution in [0.1, 0.15) is 64.1 Å². The quantitative estimate of drug-likeness (QED) is 0.0498. The first-order chi connectivity index (χ1) is 23.3. The van der Waals surface area contributed by atoms with Gasteiger partial charge in [0.25, 0.3) is 0 Å². The average molecular weight is 767 g/mol. The summed E-state index contributed by atoms with van der Waals surface area (Å²) in [5.74, 6) is 0.0417. The second-order valence-corrected chi connectivity index (χ2v) is 12.4. The third-order valence-electron chi connectivity index (χ3n) is 8.27. The molecule has 0 aliphatic carbocycles. The molecule has 0 aliphatic rings. The van der Waals surface area contributed by atoms with Gasteiger partial charge in [0, 0.05) is 6.04 Å².